The molecule has 0 aliphatic carbocycles. The van der Waals surface area contributed by atoms with E-state index in [1.807, 2.05) is 0 Å². The number of carbonyl (C=O) groups excluding carboxylic acids is 2. The molecular weight excluding hydrogens is 262 g/mol. The molecule has 2 aliphatic heterocycles. The normalized spacial score (nSPS) is 24.3. The fraction of sp³-hybridized carbons (Fsp3) is 0.500. The second kappa shape index (κ2) is 4.28. The van der Waals surface area contributed by atoms with Crippen LogP contribution in [0, 0.1) is 0 Å². The van der Waals surface area contributed by atoms with Gasteiger partial charge in [0.25, 0.3) is 5.56 Å². The lowest BCUT2D eigenvalue weighted by Gasteiger charge is -2.34. The summed E-state index contributed by atoms with van der Waals surface area (Å²) in [4.78, 5) is 36.4. The molecule has 2 aliphatic rings. The summed E-state index contributed by atoms with van der Waals surface area (Å²) in [6.45, 7) is 2.11. The van der Waals surface area contributed by atoms with Gasteiger partial charge in [0.15, 0.2) is 11.4 Å². The summed E-state index contributed by atoms with van der Waals surface area (Å²) in [6, 6.07) is 1.62. The van der Waals surface area contributed by atoms with Gasteiger partial charge in [0.2, 0.25) is 0 Å². The number of methoxy groups -OCH3 is 1. The number of pyridine rings is 1. The zero-order valence-corrected chi connectivity index (χ0v) is 11.4. The van der Waals surface area contributed by atoms with Gasteiger partial charge in [-0.3, -0.25) is 9.59 Å². The smallest absolute Gasteiger partial charge is 0.343 e. The minimum Gasteiger partial charge on any atom is -0.458 e. The molecule has 0 amide bonds. The molecule has 1 aromatic rings. The average molecular weight is 277 g/mol. The van der Waals surface area contributed by atoms with E-state index in [1.54, 1.807) is 13.0 Å². The Kier molecular flexibility index (Phi) is 2.79. The number of cyclic esters (lactones) is 1. The molecule has 20 heavy (non-hydrogen) atoms. The van der Waals surface area contributed by atoms with Crippen molar-refractivity contribution in [3.8, 4) is 0 Å². The van der Waals surface area contributed by atoms with E-state index in [9.17, 15) is 14.4 Å². The van der Waals surface area contributed by atoms with Gasteiger partial charge in [-0.05, 0) is 12.5 Å². The Labute approximate surface area is 115 Å². The molecule has 1 aromatic heterocycles. The number of esters is 1. The summed E-state index contributed by atoms with van der Waals surface area (Å²) in [5, 5.41) is 0. The Hall–Kier alpha value is -1.95. The van der Waals surface area contributed by atoms with Crippen LogP contribution in [0.1, 0.15) is 41.4 Å². The van der Waals surface area contributed by atoms with Crippen molar-refractivity contribution < 1.29 is 19.1 Å². The van der Waals surface area contributed by atoms with Gasteiger partial charge in [-0.1, -0.05) is 6.92 Å². The molecule has 0 saturated heterocycles. The fourth-order valence-electron chi connectivity index (χ4n) is 3.02. The Morgan fingerprint density at radius 1 is 1.40 bits per heavy atom. The minimum absolute atomic E-state index is 0.0629. The van der Waals surface area contributed by atoms with Gasteiger partial charge in [0.1, 0.15) is 6.61 Å². The molecule has 0 spiro atoms. The number of ether oxygens (including phenoxy) is 2. The topological polar surface area (TPSA) is 74.6 Å². The summed E-state index contributed by atoms with van der Waals surface area (Å²) in [5.74, 6) is -0.588. The number of aromatic nitrogens is 1. The van der Waals surface area contributed by atoms with E-state index in [-0.39, 0.29) is 17.9 Å². The van der Waals surface area contributed by atoms with Crippen LogP contribution in [0.25, 0.3) is 0 Å². The lowest BCUT2D eigenvalue weighted by Crippen LogP contribution is -2.46. The molecule has 0 saturated carbocycles. The summed E-state index contributed by atoms with van der Waals surface area (Å²) >= 11 is 0. The quantitative estimate of drug-likeness (QED) is 0.745. The van der Waals surface area contributed by atoms with Crippen LogP contribution in [-0.2, 0) is 33.0 Å². The molecule has 3 heterocycles. The molecule has 0 radical (unpaired) electrons. The summed E-state index contributed by atoms with van der Waals surface area (Å²) in [6.07, 6.45) is 0.658. The van der Waals surface area contributed by atoms with E-state index < -0.39 is 11.6 Å². The number of hydrogen-bond donors (Lipinski definition) is 0. The summed E-state index contributed by atoms with van der Waals surface area (Å²) < 4.78 is 11.9. The summed E-state index contributed by atoms with van der Waals surface area (Å²) in [5.41, 5.74) is -0.299. The first-order chi connectivity index (χ1) is 9.55. The largest absolute Gasteiger partial charge is 0.458 e. The fourth-order valence-corrected chi connectivity index (χ4v) is 3.02. The number of ketones is 1. The van der Waals surface area contributed by atoms with E-state index >= 15 is 0 Å². The Morgan fingerprint density at radius 3 is 2.80 bits per heavy atom. The predicted octanol–water partition coefficient (Wildman–Crippen LogP) is 0.743. The molecule has 0 fully saturated rings. The molecule has 0 N–H and O–H groups in total. The highest BCUT2D eigenvalue weighted by atomic mass is 16.6. The van der Waals surface area contributed by atoms with Crippen molar-refractivity contribution in [3.63, 3.8) is 0 Å². The van der Waals surface area contributed by atoms with Crippen molar-refractivity contribution in [1.82, 2.24) is 4.57 Å². The van der Waals surface area contributed by atoms with E-state index in [4.69, 9.17) is 9.47 Å². The first-order valence-corrected chi connectivity index (χ1v) is 6.58. The number of fused-ring (bicyclic) bond motifs is 2. The van der Waals surface area contributed by atoms with Gasteiger partial charge in [-0.15, -0.1) is 0 Å². The third-order valence-corrected chi connectivity index (χ3v) is 4.21. The number of carbonyl (C=O) groups is 2. The standard InChI is InChI=1S/C14H15NO5/c1-3-14(19-2)9-6-10-11(16)4-5-15(10)12(17)8(9)7-20-13(14)18/h6H,3-5,7H2,1-2H3/t14-/m0/s1. The molecule has 1 atom stereocenters. The SMILES string of the molecule is CC[C@@]1(OC)C(=O)OCc2c1cc1n(c2=O)CCC1=O. The highest BCUT2D eigenvalue weighted by Crippen LogP contribution is 2.37. The second-order valence-corrected chi connectivity index (χ2v) is 5.01. The van der Waals surface area contributed by atoms with E-state index in [1.165, 1.54) is 11.7 Å². The Balaban J connectivity index is 2.34. The zero-order valence-electron chi connectivity index (χ0n) is 11.4. The molecule has 0 bridgehead atoms. The van der Waals surface area contributed by atoms with Crippen LogP contribution in [0.3, 0.4) is 0 Å². The maximum absolute atomic E-state index is 12.4. The minimum atomic E-state index is -1.29. The van der Waals surface area contributed by atoms with Crippen molar-refractivity contribution in [3.05, 3.63) is 33.2 Å². The van der Waals surface area contributed by atoms with E-state index in [0.717, 1.165) is 0 Å². The zero-order chi connectivity index (χ0) is 14.5. The van der Waals surface area contributed by atoms with Gasteiger partial charge in [0.05, 0.1) is 11.3 Å². The predicted molar refractivity (Wildman–Crippen MR) is 68.4 cm³/mol. The van der Waals surface area contributed by atoms with Crippen LogP contribution in [-0.4, -0.2) is 23.4 Å². The van der Waals surface area contributed by atoms with E-state index in [2.05, 4.69) is 0 Å². The first-order valence-electron chi connectivity index (χ1n) is 6.58. The number of Topliss-reactive ketones (excluding diaryl/α,β-unsaturated/α-hetero) is 1. The van der Waals surface area contributed by atoms with Gasteiger partial charge >= 0.3 is 5.97 Å². The van der Waals surface area contributed by atoms with Gasteiger partial charge in [-0.2, -0.15) is 0 Å². The molecule has 106 valence electrons. The number of hydrogen-bond acceptors (Lipinski definition) is 5. The van der Waals surface area contributed by atoms with Crippen LogP contribution in [0.5, 0.6) is 0 Å². The van der Waals surface area contributed by atoms with Crippen LogP contribution >= 0.6 is 0 Å². The monoisotopic (exact) mass is 277 g/mol. The van der Waals surface area contributed by atoms with Crippen LogP contribution in [0.2, 0.25) is 0 Å². The Bertz CT molecular complexity index is 669. The summed E-state index contributed by atoms with van der Waals surface area (Å²) in [7, 11) is 1.41. The van der Waals surface area contributed by atoms with Crippen molar-refractivity contribution in [2.75, 3.05) is 7.11 Å². The third-order valence-electron chi connectivity index (χ3n) is 4.21. The highest BCUT2D eigenvalue weighted by molar-refractivity contribution is 5.97. The van der Waals surface area contributed by atoms with Crippen LogP contribution in [0.4, 0.5) is 0 Å². The molecule has 6 heteroatoms. The Morgan fingerprint density at radius 2 is 2.15 bits per heavy atom. The van der Waals surface area contributed by atoms with Crippen molar-refractivity contribution in [2.24, 2.45) is 0 Å². The van der Waals surface area contributed by atoms with Gasteiger partial charge in [-0.25, -0.2) is 4.79 Å². The third kappa shape index (κ3) is 1.45. The molecular formula is C14H15NO5. The molecule has 6 nitrogen and oxygen atoms in total. The highest BCUT2D eigenvalue weighted by Gasteiger charge is 2.47. The van der Waals surface area contributed by atoms with Crippen LogP contribution in [0.15, 0.2) is 10.9 Å². The van der Waals surface area contributed by atoms with Crippen molar-refractivity contribution >= 4 is 11.8 Å². The van der Waals surface area contributed by atoms with Crippen molar-refractivity contribution in [1.29, 1.82) is 0 Å². The van der Waals surface area contributed by atoms with E-state index in [0.29, 0.717) is 36.2 Å². The maximum Gasteiger partial charge on any atom is 0.343 e. The van der Waals surface area contributed by atoms with Gasteiger partial charge in [0, 0.05) is 25.6 Å². The lowest BCUT2D eigenvalue weighted by atomic mass is 9.85. The number of rotatable bonds is 2. The molecule has 0 aromatic carbocycles. The van der Waals surface area contributed by atoms with Crippen molar-refractivity contribution in [2.45, 2.75) is 38.5 Å². The second-order valence-electron chi connectivity index (χ2n) is 5.01. The maximum atomic E-state index is 12.4. The number of nitrogens with zero attached hydrogens (tertiary/aromatic N) is 1. The molecule has 0 unspecified atom stereocenters. The molecule has 3 rings (SSSR count). The average Bonchev–Trinajstić information content (AvgIpc) is 2.82. The lowest BCUT2D eigenvalue weighted by molar-refractivity contribution is -0.176. The van der Waals surface area contributed by atoms with Gasteiger partial charge < -0.3 is 14.0 Å². The van der Waals surface area contributed by atoms with Crippen LogP contribution < -0.4 is 5.56 Å². The first kappa shape index (κ1) is 13.1.